The van der Waals surface area contributed by atoms with Gasteiger partial charge in [0.1, 0.15) is 0 Å². The molecule has 0 saturated carbocycles. The lowest BCUT2D eigenvalue weighted by atomic mass is 9.97. The molecule has 4 rings (SSSR count). The molecule has 2 heterocycles. The minimum Gasteiger partial charge on any atom is -0.308 e. The zero-order valence-electron chi connectivity index (χ0n) is 15.3. The number of H-pyrrole nitrogens is 1. The minimum absolute atomic E-state index is 0. The van der Waals surface area contributed by atoms with Gasteiger partial charge in [0.15, 0.2) is 5.82 Å². The lowest BCUT2D eigenvalue weighted by Crippen LogP contribution is -2.38. The van der Waals surface area contributed by atoms with Gasteiger partial charge < -0.3 is 10.2 Å². The number of piperidine rings is 1. The number of halogens is 3. The number of benzene rings is 2. The zero-order valence-corrected chi connectivity index (χ0v) is 17.7. The van der Waals surface area contributed by atoms with Gasteiger partial charge >= 0.3 is 0 Å². The van der Waals surface area contributed by atoms with Crippen molar-refractivity contribution in [1.29, 1.82) is 0 Å². The standard InChI is InChI=1S/C20H20Cl2N4O.ClH/c1-26-8-2-3-13(11-26)20(27)23-19-16-9-12(4-7-18(16)24-25-19)15-6-5-14(21)10-17(15)22;/h4-7,9-10,13H,2-3,8,11H2,1H3,(H2,23,24,25,27);1H. The van der Waals surface area contributed by atoms with E-state index >= 15 is 0 Å². The average Bonchev–Trinajstić information content (AvgIpc) is 3.04. The molecule has 8 heteroatoms. The lowest BCUT2D eigenvalue weighted by Gasteiger charge is -2.28. The molecule has 5 nitrogen and oxygen atoms in total. The van der Waals surface area contributed by atoms with Gasteiger partial charge in [-0.1, -0.05) is 35.3 Å². The first-order chi connectivity index (χ1) is 13.0. The molecule has 3 aromatic rings. The highest BCUT2D eigenvalue weighted by atomic mass is 35.5. The van der Waals surface area contributed by atoms with E-state index in [0.717, 1.165) is 48.0 Å². The second kappa shape index (κ2) is 8.70. The van der Waals surface area contributed by atoms with Gasteiger partial charge in [-0.05, 0) is 56.3 Å². The average molecular weight is 440 g/mol. The molecule has 0 radical (unpaired) electrons. The summed E-state index contributed by atoms with van der Waals surface area (Å²) < 4.78 is 0. The van der Waals surface area contributed by atoms with Crippen LogP contribution in [0.3, 0.4) is 0 Å². The smallest absolute Gasteiger partial charge is 0.229 e. The van der Waals surface area contributed by atoms with E-state index in [4.69, 9.17) is 23.2 Å². The quantitative estimate of drug-likeness (QED) is 0.587. The van der Waals surface area contributed by atoms with Crippen LogP contribution in [-0.4, -0.2) is 41.1 Å². The van der Waals surface area contributed by atoms with Crippen LogP contribution in [0, 0.1) is 5.92 Å². The van der Waals surface area contributed by atoms with E-state index in [2.05, 4.69) is 20.4 Å². The third-order valence-corrected chi connectivity index (χ3v) is 5.59. The first-order valence-electron chi connectivity index (χ1n) is 8.94. The van der Waals surface area contributed by atoms with Crippen molar-refractivity contribution in [2.45, 2.75) is 12.8 Å². The number of likely N-dealkylation sites (tertiary alicyclic amines) is 1. The van der Waals surface area contributed by atoms with E-state index < -0.39 is 0 Å². The summed E-state index contributed by atoms with van der Waals surface area (Å²) in [5.74, 6) is 0.560. The van der Waals surface area contributed by atoms with Crippen molar-refractivity contribution in [1.82, 2.24) is 15.1 Å². The van der Waals surface area contributed by atoms with Crippen LogP contribution in [0.5, 0.6) is 0 Å². The molecule has 2 N–H and O–H groups in total. The molecule has 1 fully saturated rings. The van der Waals surface area contributed by atoms with Crippen LogP contribution >= 0.6 is 35.6 Å². The highest BCUT2D eigenvalue weighted by Crippen LogP contribution is 2.33. The number of aromatic amines is 1. The SMILES string of the molecule is CN1CCCC(C(=O)Nc2n[nH]c3ccc(-c4ccc(Cl)cc4Cl)cc23)C1.Cl. The molecule has 0 aliphatic carbocycles. The predicted molar refractivity (Wildman–Crippen MR) is 118 cm³/mol. The Morgan fingerprint density at radius 1 is 1.25 bits per heavy atom. The number of nitrogens with one attached hydrogen (secondary N) is 2. The van der Waals surface area contributed by atoms with E-state index in [1.807, 2.05) is 37.4 Å². The van der Waals surface area contributed by atoms with Crippen LogP contribution in [0.4, 0.5) is 5.82 Å². The van der Waals surface area contributed by atoms with E-state index in [9.17, 15) is 4.79 Å². The molecule has 1 atom stereocenters. The number of anilines is 1. The monoisotopic (exact) mass is 438 g/mol. The number of rotatable bonds is 3. The van der Waals surface area contributed by atoms with Crippen molar-refractivity contribution in [3.05, 3.63) is 46.4 Å². The Labute approximate surface area is 179 Å². The number of carbonyl (C=O) groups is 1. The number of aromatic nitrogens is 2. The maximum atomic E-state index is 12.7. The summed E-state index contributed by atoms with van der Waals surface area (Å²) in [6.07, 6.45) is 1.94. The van der Waals surface area contributed by atoms with E-state index in [0.29, 0.717) is 15.9 Å². The number of carbonyl (C=O) groups excluding carboxylic acids is 1. The van der Waals surface area contributed by atoms with Gasteiger partial charge in [-0.15, -0.1) is 12.4 Å². The summed E-state index contributed by atoms with van der Waals surface area (Å²) in [6.45, 7) is 1.82. The number of fused-ring (bicyclic) bond motifs is 1. The highest BCUT2D eigenvalue weighted by Gasteiger charge is 2.25. The summed E-state index contributed by atoms with van der Waals surface area (Å²) in [5.41, 5.74) is 2.69. The fourth-order valence-electron chi connectivity index (χ4n) is 3.60. The number of hydrogen-bond acceptors (Lipinski definition) is 3. The summed E-state index contributed by atoms with van der Waals surface area (Å²) in [7, 11) is 2.05. The summed E-state index contributed by atoms with van der Waals surface area (Å²) in [4.78, 5) is 14.9. The van der Waals surface area contributed by atoms with Crippen LogP contribution < -0.4 is 5.32 Å². The Kier molecular flexibility index (Phi) is 6.50. The van der Waals surface area contributed by atoms with E-state index in [1.165, 1.54) is 0 Å². The van der Waals surface area contributed by atoms with Gasteiger partial charge in [-0.25, -0.2) is 0 Å². The van der Waals surface area contributed by atoms with Gasteiger partial charge in [-0.2, -0.15) is 5.10 Å². The first kappa shape index (κ1) is 20.9. The molecule has 1 amide bonds. The topological polar surface area (TPSA) is 61.0 Å². The maximum absolute atomic E-state index is 12.7. The molecular weight excluding hydrogens is 419 g/mol. The van der Waals surface area contributed by atoms with Crippen molar-refractivity contribution in [3.63, 3.8) is 0 Å². The normalized spacial score (nSPS) is 17.3. The van der Waals surface area contributed by atoms with Crippen molar-refractivity contribution in [3.8, 4) is 11.1 Å². The second-order valence-electron chi connectivity index (χ2n) is 7.05. The van der Waals surface area contributed by atoms with Gasteiger partial charge in [0.25, 0.3) is 0 Å². The van der Waals surface area contributed by atoms with E-state index in [-0.39, 0.29) is 24.2 Å². The van der Waals surface area contributed by atoms with Crippen molar-refractivity contribution in [2.24, 2.45) is 5.92 Å². The van der Waals surface area contributed by atoms with Crippen LogP contribution in [0.25, 0.3) is 22.0 Å². The zero-order chi connectivity index (χ0) is 19.0. The summed E-state index contributed by atoms with van der Waals surface area (Å²) >= 11 is 12.3. The Morgan fingerprint density at radius 2 is 2.07 bits per heavy atom. The molecule has 0 bridgehead atoms. The van der Waals surface area contributed by atoms with Crippen molar-refractivity contribution >= 4 is 58.2 Å². The molecule has 1 aliphatic heterocycles. The molecule has 148 valence electrons. The van der Waals surface area contributed by atoms with Crippen LogP contribution in [0.2, 0.25) is 10.0 Å². The van der Waals surface area contributed by atoms with Gasteiger partial charge in [0.2, 0.25) is 5.91 Å². The largest absolute Gasteiger partial charge is 0.308 e. The second-order valence-corrected chi connectivity index (χ2v) is 7.89. The highest BCUT2D eigenvalue weighted by molar-refractivity contribution is 6.36. The molecule has 1 aromatic heterocycles. The number of hydrogen-bond donors (Lipinski definition) is 2. The Morgan fingerprint density at radius 3 is 2.82 bits per heavy atom. The van der Waals surface area contributed by atoms with Crippen LogP contribution in [0.1, 0.15) is 12.8 Å². The molecule has 28 heavy (non-hydrogen) atoms. The van der Waals surface area contributed by atoms with Crippen molar-refractivity contribution in [2.75, 3.05) is 25.5 Å². The van der Waals surface area contributed by atoms with Crippen LogP contribution in [0.15, 0.2) is 36.4 Å². The van der Waals surface area contributed by atoms with Crippen LogP contribution in [-0.2, 0) is 4.79 Å². The number of amides is 1. The Hall–Kier alpha value is -1.79. The van der Waals surface area contributed by atoms with Crippen molar-refractivity contribution < 1.29 is 4.79 Å². The first-order valence-corrected chi connectivity index (χ1v) is 9.70. The lowest BCUT2D eigenvalue weighted by molar-refractivity contribution is -0.121. The minimum atomic E-state index is -0.00982. The Bertz CT molecular complexity index is 1000. The summed E-state index contributed by atoms with van der Waals surface area (Å²) in [6, 6.07) is 11.3. The molecule has 1 unspecified atom stereocenters. The fraction of sp³-hybridized carbons (Fsp3) is 0.300. The third kappa shape index (κ3) is 4.28. The molecule has 2 aromatic carbocycles. The number of nitrogens with zero attached hydrogens (tertiary/aromatic N) is 2. The molecular formula is C20H21Cl3N4O. The Balaban J connectivity index is 0.00000225. The van der Waals surface area contributed by atoms with Gasteiger partial charge in [0, 0.05) is 27.5 Å². The van der Waals surface area contributed by atoms with Gasteiger partial charge in [0.05, 0.1) is 11.4 Å². The molecule has 0 spiro atoms. The van der Waals surface area contributed by atoms with E-state index in [1.54, 1.807) is 6.07 Å². The third-order valence-electron chi connectivity index (χ3n) is 5.04. The molecule has 1 aliphatic rings. The fourth-order valence-corrected chi connectivity index (χ4v) is 4.12. The molecule has 1 saturated heterocycles. The predicted octanol–water partition coefficient (Wildman–Crippen LogP) is 5.24. The summed E-state index contributed by atoms with van der Waals surface area (Å²) in [5, 5.41) is 12.3. The maximum Gasteiger partial charge on any atom is 0.229 e. The van der Waals surface area contributed by atoms with Gasteiger partial charge in [-0.3, -0.25) is 9.89 Å².